The van der Waals surface area contributed by atoms with E-state index in [1.54, 1.807) is 0 Å². The molecule has 5 heteroatoms. The summed E-state index contributed by atoms with van der Waals surface area (Å²) in [6, 6.07) is 51.2. The Morgan fingerprint density at radius 1 is 0.403 bits per heavy atom. The first-order valence-electron chi connectivity index (χ1n) is 21.7. The average molecular weight is 813 g/mol. The molecule has 2 heterocycles. The first kappa shape index (κ1) is 41.6. The highest BCUT2D eigenvalue weighted by Gasteiger charge is 2.34. The van der Waals surface area contributed by atoms with Gasteiger partial charge in [0.05, 0.1) is 0 Å². The van der Waals surface area contributed by atoms with Crippen LogP contribution in [0.15, 0.2) is 194 Å². The Morgan fingerprint density at radius 3 is 1.10 bits per heavy atom. The number of ketones is 3. The molecule has 0 bridgehead atoms. The second-order valence-corrected chi connectivity index (χ2v) is 16.3. The van der Waals surface area contributed by atoms with Crippen LogP contribution in [0.25, 0.3) is 11.1 Å². The first-order valence-corrected chi connectivity index (χ1v) is 21.7. The van der Waals surface area contributed by atoms with Crippen LogP contribution in [0.1, 0.15) is 109 Å². The average Bonchev–Trinajstić information content (AvgIpc) is 3.32. The lowest BCUT2D eigenvalue weighted by atomic mass is 9.76. The topological polar surface area (TPSA) is 57.7 Å². The molecule has 0 aromatic heterocycles. The van der Waals surface area contributed by atoms with Gasteiger partial charge in [0, 0.05) is 83.1 Å². The van der Waals surface area contributed by atoms with Crippen molar-refractivity contribution in [3.8, 4) is 0 Å². The monoisotopic (exact) mass is 812 g/mol. The van der Waals surface area contributed by atoms with E-state index in [4.69, 9.17) is 0 Å². The van der Waals surface area contributed by atoms with Crippen LogP contribution in [0, 0.1) is 13.8 Å². The van der Waals surface area contributed by atoms with Crippen molar-refractivity contribution in [2.75, 3.05) is 13.1 Å². The van der Waals surface area contributed by atoms with E-state index < -0.39 is 0 Å². The molecular weight excluding hydrogens is 761 g/mol. The zero-order valence-corrected chi connectivity index (χ0v) is 35.9. The summed E-state index contributed by atoms with van der Waals surface area (Å²) < 4.78 is 0. The number of hydrogen-bond acceptors (Lipinski definition) is 5. The molecule has 2 atom stereocenters. The third-order valence-corrected chi connectivity index (χ3v) is 12.0. The van der Waals surface area contributed by atoms with Gasteiger partial charge < -0.3 is 9.80 Å². The molecule has 0 N–H and O–H groups in total. The number of Topliss-reactive ketones (excluding diaryl/α,β-unsaturated/α-hetero) is 2. The number of allylic oxidation sites excluding steroid dienone is 4. The maximum atomic E-state index is 14.3. The van der Waals surface area contributed by atoms with Crippen molar-refractivity contribution < 1.29 is 14.4 Å². The van der Waals surface area contributed by atoms with Crippen molar-refractivity contribution in [3.63, 3.8) is 0 Å². The molecule has 0 amide bonds. The van der Waals surface area contributed by atoms with Crippen LogP contribution < -0.4 is 0 Å². The Kier molecular flexibility index (Phi) is 12.5. The molecule has 0 spiro atoms. The van der Waals surface area contributed by atoms with E-state index in [-0.39, 0.29) is 29.2 Å². The standard InChI is InChI=1S/C57H52N2O3/c1-5-33-58-35-49(53(47-23-15-13-17-39(47)3)51(37-58)56(61)43-19-9-7-10-20-43)41-25-29-45(30-26-41)55(60)46-31-27-42(28-32-46)50-36-59(34-6-2)38-52(57(62)44-21-11-8-12-22-44)54(50)48-24-16-14-18-40(48)4/h7-32,35-38,53-54H,5-6,33-34H2,1-4H3. The Balaban J connectivity index is 1.11. The Hall–Kier alpha value is -7.11. The number of carbonyl (C=O) groups excluding carboxylic acids is 3. The summed E-state index contributed by atoms with van der Waals surface area (Å²) in [6.45, 7) is 10.00. The molecule has 8 rings (SSSR count). The third kappa shape index (κ3) is 8.57. The fourth-order valence-electron chi connectivity index (χ4n) is 8.86. The highest BCUT2D eigenvalue weighted by Crippen LogP contribution is 2.45. The Labute approximate surface area is 366 Å². The minimum atomic E-state index is -0.296. The molecule has 2 unspecified atom stereocenters. The van der Waals surface area contributed by atoms with Gasteiger partial charge in [0.15, 0.2) is 17.3 Å². The van der Waals surface area contributed by atoms with Crippen LogP contribution in [0.3, 0.4) is 0 Å². The number of nitrogens with zero attached hydrogens (tertiary/aromatic N) is 2. The molecule has 0 fully saturated rings. The normalized spacial score (nSPS) is 16.2. The highest BCUT2D eigenvalue weighted by atomic mass is 16.1. The number of rotatable bonds is 14. The van der Waals surface area contributed by atoms with Gasteiger partial charge >= 0.3 is 0 Å². The van der Waals surface area contributed by atoms with Gasteiger partial charge in [-0.25, -0.2) is 0 Å². The van der Waals surface area contributed by atoms with E-state index in [0.717, 1.165) is 81.6 Å². The minimum Gasteiger partial charge on any atom is -0.353 e. The summed E-state index contributed by atoms with van der Waals surface area (Å²) in [7, 11) is 0. The fourth-order valence-corrected chi connectivity index (χ4v) is 8.86. The molecule has 2 aliphatic heterocycles. The van der Waals surface area contributed by atoms with Crippen molar-refractivity contribution in [2.24, 2.45) is 0 Å². The zero-order valence-electron chi connectivity index (χ0n) is 35.9. The smallest absolute Gasteiger partial charge is 0.193 e. The Bertz CT molecular complexity index is 2530. The van der Waals surface area contributed by atoms with Gasteiger partial charge in [0.1, 0.15) is 0 Å². The Morgan fingerprint density at radius 2 is 0.742 bits per heavy atom. The van der Waals surface area contributed by atoms with Gasteiger partial charge in [0.25, 0.3) is 0 Å². The van der Waals surface area contributed by atoms with Crippen LogP contribution in [0.4, 0.5) is 0 Å². The summed E-state index contributed by atoms with van der Waals surface area (Å²) >= 11 is 0. The lowest BCUT2D eigenvalue weighted by Crippen LogP contribution is -2.25. The third-order valence-electron chi connectivity index (χ3n) is 12.0. The highest BCUT2D eigenvalue weighted by molar-refractivity contribution is 6.13. The summed E-state index contributed by atoms with van der Waals surface area (Å²) in [4.78, 5) is 47.1. The molecule has 0 aliphatic carbocycles. The van der Waals surface area contributed by atoms with Crippen molar-refractivity contribution in [2.45, 2.75) is 52.4 Å². The maximum Gasteiger partial charge on any atom is 0.193 e. The van der Waals surface area contributed by atoms with Crippen molar-refractivity contribution >= 4 is 28.5 Å². The molecule has 5 nitrogen and oxygen atoms in total. The minimum absolute atomic E-state index is 0.00289. The predicted octanol–water partition coefficient (Wildman–Crippen LogP) is 12.8. The van der Waals surface area contributed by atoms with E-state index in [0.29, 0.717) is 22.3 Å². The van der Waals surface area contributed by atoms with Crippen LogP contribution >= 0.6 is 0 Å². The van der Waals surface area contributed by atoms with Crippen LogP contribution in [0.5, 0.6) is 0 Å². The molecule has 0 radical (unpaired) electrons. The summed E-state index contributed by atoms with van der Waals surface area (Å²) in [5.41, 5.74) is 12.2. The van der Waals surface area contributed by atoms with E-state index in [2.05, 4.69) is 74.2 Å². The molecule has 62 heavy (non-hydrogen) atoms. The van der Waals surface area contributed by atoms with Gasteiger partial charge in [-0.2, -0.15) is 0 Å². The van der Waals surface area contributed by atoms with Crippen LogP contribution in [0.2, 0.25) is 0 Å². The van der Waals surface area contributed by atoms with Gasteiger partial charge in [-0.3, -0.25) is 14.4 Å². The molecule has 308 valence electrons. The van der Waals surface area contributed by atoms with Crippen LogP contribution in [-0.4, -0.2) is 40.2 Å². The number of carbonyl (C=O) groups is 3. The van der Waals surface area contributed by atoms with E-state index in [1.165, 1.54) is 0 Å². The van der Waals surface area contributed by atoms with Crippen molar-refractivity contribution in [1.29, 1.82) is 0 Å². The van der Waals surface area contributed by atoms with Crippen molar-refractivity contribution in [3.05, 3.63) is 249 Å². The van der Waals surface area contributed by atoms with E-state index in [1.807, 2.05) is 146 Å². The quantitative estimate of drug-likeness (QED) is 0.103. The van der Waals surface area contributed by atoms with Gasteiger partial charge in [-0.1, -0.05) is 172 Å². The molecule has 6 aromatic rings. The molecule has 6 aromatic carbocycles. The number of hydrogen-bond donors (Lipinski definition) is 0. The SMILES string of the molecule is CCCN1C=C(C(=O)c2ccccc2)C(c2ccccc2C)C(c2ccc(C(=O)c3ccc(C4=CN(CCC)C=C(C(=O)c5ccccc5)C4c4ccccc4C)cc3)cc2)=C1. The second kappa shape index (κ2) is 18.7. The summed E-state index contributed by atoms with van der Waals surface area (Å²) in [6.07, 6.45) is 10.2. The van der Waals surface area contributed by atoms with E-state index >= 15 is 0 Å². The number of benzene rings is 6. The molecule has 2 aliphatic rings. The van der Waals surface area contributed by atoms with Gasteiger partial charge in [-0.05, 0) is 71.2 Å². The van der Waals surface area contributed by atoms with Gasteiger partial charge in [-0.15, -0.1) is 0 Å². The second-order valence-electron chi connectivity index (χ2n) is 16.3. The molecular formula is C57H52N2O3. The first-order chi connectivity index (χ1) is 30.2. The molecule has 0 saturated heterocycles. The fraction of sp³-hybridized carbons (Fsp3) is 0.175. The molecule has 0 saturated carbocycles. The largest absolute Gasteiger partial charge is 0.353 e. The zero-order chi connectivity index (χ0) is 43.2. The van der Waals surface area contributed by atoms with E-state index in [9.17, 15) is 14.4 Å². The van der Waals surface area contributed by atoms with Crippen LogP contribution in [-0.2, 0) is 0 Å². The lowest BCUT2D eigenvalue weighted by molar-refractivity contribution is 0.102. The maximum absolute atomic E-state index is 14.3. The van der Waals surface area contributed by atoms with Gasteiger partial charge in [0.2, 0.25) is 0 Å². The van der Waals surface area contributed by atoms with Crippen molar-refractivity contribution in [1.82, 2.24) is 9.80 Å². The number of aryl methyl sites for hydroxylation is 2. The lowest BCUT2D eigenvalue weighted by Gasteiger charge is -2.33. The summed E-state index contributed by atoms with van der Waals surface area (Å²) in [5, 5.41) is 0. The summed E-state index contributed by atoms with van der Waals surface area (Å²) in [5.74, 6) is -0.666. The predicted molar refractivity (Wildman–Crippen MR) is 252 cm³/mol.